The summed E-state index contributed by atoms with van der Waals surface area (Å²) in [5, 5.41) is 7.01. The van der Waals surface area contributed by atoms with Gasteiger partial charge in [-0.05, 0) is 60.9 Å². The molecule has 0 saturated carbocycles. The van der Waals surface area contributed by atoms with Crippen LogP contribution >= 0.6 is 11.3 Å². The van der Waals surface area contributed by atoms with Gasteiger partial charge in [-0.2, -0.15) is 15.6 Å². The molecule has 0 bridgehead atoms. The molecule has 2 atom stereocenters. The Morgan fingerprint density at radius 1 is 1.22 bits per heavy atom. The average molecular weight is 409 g/mol. The van der Waals surface area contributed by atoms with Crippen molar-refractivity contribution < 1.29 is 18.1 Å². The molecule has 2 heterocycles. The van der Waals surface area contributed by atoms with Crippen LogP contribution in [0.25, 0.3) is 0 Å². The summed E-state index contributed by atoms with van der Waals surface area (Å²) in [7, 11) is -1.43. The van der Waals surface area contributed by atoms with Crippen molar-refractivity contribution >= 4 is 33.0 Å². The molecule has 1 aromatic heterocycles. The molecular formula is C19H26N3O3S2+. The Morgan fingerprint density at radius 2 is 1.89 bits per heavy atom. The third kappa shape index (κ3) is 4.76. The first-order chi connectivity index (χ1) is 12.9. The number of carbonyl (C=O) groups is 1. The van der Waals surface area contributed by atoms with E-state index in [0.29, 0.717) is 18.8 Å². The summed E-state index contributed by atoms with van der Waals surface area (Å²) in [4.78, 5) is 13.9. The Bertz CT molecular complexity index is 858. The van der Waals surface area contributed by atoms with Crippen LogP contribution in [0.5, 0.6) is 0 Å². The standard InChI is InChI=1S/C19H25N3O3S2/c1-15(21(2)13-16-9-12-26-14-16)19(23)20-17-5-7-18(8-6-17)27(24,25)22-10-3-4-11-22/h5-9,12,14-15H,3-4,10-11,13H2,1-2H3,(H,20,23)/p+1/t15-/m0/s1. The maximum atomic E-state index is 12.6. The Labute approximate surface area is 164 Å². The van der Waals surface area contributed by atoms with Gasteiger partial charge in [0.05, 0.1) is 11.9 Å². The number of thiophene rings is 1. The second-order valence-corrected chi connectivity index (χ2v) is 9.72. The van der Waals surface area contributed by atoms with Crippen molar-refractivity contribution in [3.05, 3.63) is 46.7 Å². The summed E-state index contributed by atoms with van der Waals surface area (Å²) < 4.78 is 26.6. The summed E-state index contributed by atoms with van der Waals surface area (Å²) >= 11 is 1.65. The van der Waals surface area contributed by atoms with Crippen LogP contribution in [-0.4, -0.2) is 44.8 Å². The first kappa shape index (κ1) is 20.0. The van der Waals surface area contributed by atoms with E-state index in [1.807, 2.05) is 19.4 Å². The van der Waals surface area contributed by atoms with E-state index >= 15 is 0 Å². The summed E-state index contributed by atoms with van der Waals surface area (Å²) in [6.45, 7) is 3.84. The number of quaternary nitrogens is 1. The molecule has 3 rings (SSSR count). The lowest BCUT2D eigenvalue weighted by Crippen LogP contribution is -3.12. The lowest BCUT2D eigenvalue weighted by molar-refractivity contribution is -0.907. The highest BCUT2D eigenvalue weighted by atomic mass is 32.2. The van der Waals surface area contributed by atoms with Crippen LogP contribution in [0, 0.1) is 0 Å². The van der Waals surface area contributed by atoms with Crippen molar-refractivity contribution in [3.63, 3.8) is 0 Å². The molecule has 0 spiro atoms. The molecule has 0 radical (unpaired) electrons. The van der Waals surface area contributed by atoms with Crippen LogP contribution in [0.15, 0.2) is 46.0 Å². The van der Waals surface area contributed by atoms with Gasteiger partial charge < -0.3 is 10.2 Å². The molecule has 1 aromatic carbocycles. The smallest absolute Gasteiger partial charge is 0.282 e. The van der Waals surface area contributed by atoms with Gasteiger partial charge in [-0.15, -0.1) is 0 Å². The highest BCUT2D eigenvalue weighted by molar-refractivity contribution is 7.89. The Hall–Kier alpha value is -1.74. The molecule has 1 unspecified atom stereocenters. The monoisotopic (exact) mass is 408 g/mol. The number of amides is 1. The van der Waals surface area contributed by atoms with Crippen molar-refractivity contribution in [1.29, 1.82) is 0 Å². The first-order valence-electron chi connectivity index (χ1n) is 9.12. The van der Waals surface area contributed by atoms with Crippen molar-refractivity contribution in [1.82, 2.24) is 4.31 Å². The van der Waals surface area contributed by atoms with Gasteiger partial charge in [0.25, 0.3) is 5.91 Å². The predicted octanol–water partition coefficient (Wildman–Crippen LogP) is 1.57. The van der Waals surface area contributed by atoms with Crippen molar-refractivity contribution in [2.24, 2.45) is 0 Å². The molecule has 1 amide bonds. The van der Waals surface area contributed by atoms with Crippen molar-refractivity contribution in [3.8, 4) is 0 Å². The van der Waals surface area contributed by atoms with Gasteiger partial charge in [0.1, 0.15) is 6.54 Å². The Morgan fingerprint density at radius 3 is 2.48 bits per heavy atom. The quantitative estimate of drug-likeness (QED) is 0.731. The predicted molar refractivity (Wildman–Crippen MR) is 107 cm³/mol. The summed E-state index contributed by atoms with van der Waals surface area (Å²) in [5.74, 6) is -0.0853. The van der Waals surface area contributed by atoms with Crippen LogP contribution in [0.3, 0.4) is 0 Å². The van der Waals surface area contributed by atoms with E-state index < -0.39 is 10.0 Å². The topological polar surface area (TPSA) is 70.9 Å². The maximum Gasteiger partial charge on any atom is 0.282 e. The van der Waals surface area contributed by atoms with E-state index in [-0.39, 0.29) is 16.8 Å². The van der Waals surface area contributed by atoms with Gasteiger partial charge in [-0.3, -0.25) is 4.79 Å². The molecule has 1 aliphatic rings. The van der Waals surface area contributed by atoms with Crippen LogP contribution in [0.4, 0.5) is 5.69 Å². The van der Waals surface area contributed by atoms with Gasteiger partial charge in [0, 0.05) is 24.3 Å². The van der Waals surface area contributed by atoms with E-state index in [4.69, 9.17) is 0 Å². The third-order valence-corrected chi connectivity index (χ3v) is 7.67. The van der Waals surface area contributed by atoms with E-state index in [1.165, 1.54) is 9.87 Å². The minimum Gasteiger partial charge on any atom is -0.324 e. The number of nitrogens with zero attached hydrogens (tertiary/aromatic N) is 1. The van der Waals surface area contributed by atoms with Crippen LogP contribution in [0.1, 0.15) is 25.3 Å². The number of sulfonamides is 1. The van der Waals surface area contributed by atoms with Gasteiger partial charge in [0.15, 0.2) is 6.04 Å². The molecule has 0 aliphatic carbocycles. The fraction of sp³-hybridized carbons (Fsp3) is 0.421. The number of carbonyl (C=O) groups excluding carboxylic acids is 1. The lowest BCUT2D eigenvalue weighted by atomic mass is 10.2. The molecule has 27 heavy (non-hydrogen) atoms. The number of benzene rings is 1. The second kappa shape index (κ2) is 8.52. The highest BCUT2D eigenvalue weighted by Gasteiger charge is 2.27. The molecule has 2 N–H and O–H groups in total. The van der Waals surface area contributed by atoms with E-state index in [0.717, 1.165) is 24.3 Å². The molecule has 1 saturated heterocycles. The zero-order chi connectivity index (χ0) is 19.4. The molecular weight excluding hydrogens is 382 g/mol. The minimum atomic E-state index is -3.43. The van der Waals surface area contributed by atoms with Crippen LogP contribution in [-0.2, 0) is 21.4 Å². The largest absolute Gasteiger partial charge is 0.324 e. The Balaban J connectivity index is 1.61. The molecule has 6 nitrogen and oxygen atoms in total. The van der Waals surface area contributed by atoms with Crippen LogP contribution < -0.4 is 10.2 Å². The zero-order valence-electron chi connectivity index (χ0n) is 15.6. The van der Waals surface area contributed by atoms with Gasteiger partial charge >= 0.3 is 0 Å². The number of hydrogen-bond acceptors (Lipinski definition) is 4. The SMILES string of the molecule is C[C@@H](C(=O)Nc1ccc(S(=O)(=O)N2CCCC2)cc1)[NH+](C)Cc1ccsc1. The summed E-state index contributed by atoms with van der Waals surface area (Å²) in [6, 6.07) is 8.28. The fourth-order valence-corrected chi connectivity index (χ4v) is 5.32. The second-order valence-electron chi connectivity index (χ2n) is 7.00. The molecule has 8 heteroatoms. The van der Waals surface area contributed by atoms with Gasteiger partial charge in [-0.25, -0.2) is 8.42 Å². The summed E-state index contributed by atoms with van der Waals surface area (Å²) in [6.07, 6.45) is 1.82. The van der Waals surface area contributed by atoms with Crippen molar-refractivity contribution in [2.75, 3.05) is 25.5 Å². The number of hydrogen-bond donors (Lipinski definition) is 2. The normalized spacial score (nSPS) is 17.6. The number of anilines is 1. The van der Waals surface area contributed by atoms with Crippen LogP contribution in [0.2, 0.25) is 0 Å². The molecule has 1 fully saturated rings. The highest BCUT2D eigenvalue weighted by Crippen LogP contribution is 2.22. The zero-order valence-corrected chi connectivity index (χ0v) is 17.3. The number of rotatable bonds is 7. The fourth-order valence-electron chi connectivity index (χ4n) is 3.13. The lowest BCUT2D eigenvalue weighted by Gasteiger charge is -2.21. The van der Waals surface area contributed by atoms with E-state index in [9.17, 15) is 13.2 Å². The molecule has 146 valence electrons. The summed E-state index contributed by atoms with van der Waals surface area (Å²) in [5.41, 5.74) is 1.82. The van der Waals surface area contributed by atoms with Crippen molar-refractivity contribution in [2.45, 2.75) is 37.2 Å². The minimum absolute atomic E-state index is 0.0853. The Kier molecular flexibility index (Phi) is 6.31. The van der Waals surface area contributed by atoms with Gasteiger partial charge in [-0.1, -0.05) is 0 Å². The maximum absolute atomic E-state index is 12.6. The van der Waals surface area contributed by atoms with Gasteiger partial charge in [0.2, 0.25) is 10.0 Å². The first-order valence-corrected chi connectivity index (χ1v) is 11.5. The number of likely N-dealkylation sites (N-methyl/N-ethyl adjacent to an activating group) is 1. The third-order valence-electron chi connectivity index (χ3n) is 5.02. The average Bonchev–Trinajstić information content (AvgIpc) is 3.35. The van der Waals surface area contributed by atoms with E-state index in [1.54, 1.807) is 35.6 Å². The molecule has 2 aromatic rings. The number of nitrogens with one attached hydrogen (secondary N) is 2. The molecule has 1 aliphatic heterocycles. The van der Waals surface area contributed by atoms with E-state index in [2.05, 4.69) is 16.8 Å².